The van der Waals surface area contributed by atoms with Gasteiger partial charge in [-0.25, -0.2) is 13.2 Å². The Kier molecular flexibility index (Phi) is 4.11. The first-order valence-electron chi connectivity index (χ1n) is 4.94. The van der Waals surface area contributed by atoms with Crippen LogP contribution in [0.3, 0.4) is 0 Å². The maximum atomic E-state index is 13.2. The molecule has 1 aromatic rings. The first kappa shape index (κ1) is 13.5. The summed E-state index contributed by atoms with van der Waals surface area (Å²) >= 11 is 0. The van der Waals surface area contributed by atoms with Crippen LogP contribution in [0.5, 0.6) is 0 Å². The van der Waals surface area contributed by atoms with Crippen molar-refractivity contribution in [3.8, 4) is 0 Å². The maximum Gasteiger partial charge on any atom is 0.307 e. The van der Waals surface area contributed by atoms with Crippen molar-refractivity contribution in [3.63, 3.8) is 0 Å². The second kappa shape index (κ2) is 5.18. The van der Waals surface area contributed by atoms with Crippen LogP contribution < -0.4 is 5.73 Å². The lowest BCUT2D eigenvalue weighted by molar-refractivity contribution is -0.141. The average Bonchev–Trinajstić information content (AvgIpc) is 2.24. The number of hydrogen-bond donors (Lipinski definition) is 2. The number of carboxylic acid groups (broad SMARTS) is 1. The smallest absolute Gasteiger partial charge is 0.307 e. The minimum Gasteiger partial charge on any atom is -0.481 e. The van der Waals surface area contributed by atoms with Gasteiger partial charge in [0.25, 0.3) is 0 Å². The number of aliphatic carboxylic acids is 1. The van der Waals surface area contributed by atoms with Crippen LogP contribution in [0.2, 0.25) is 0 Å². The summed E-state index contributed by atoms with van der Waals surface area (Å²) in [6.07, 6.45) is -0.170. The molecule has 0 saturated heterocycles. The van der Waals surface area contributed by atoms with E-state index in [1.54, 1.807) is 0 Å². The van der Waals surface area contributed by atoms with Crippen LogP contribution in [0.4, 0.5) is 13.2 Å². The van der Waals surface area contributed by atoms with E-state index < -0.39 is 35.4 Å². The Morgan fingerprint density at radius 3 is 2.35 bits per heavy atom. The summed E-state index contributed by atoms with van der Waals surface area (Å²) in [4.78, 5) is 10.6. The van der Waals surface area contributed by atoms with Crippen molar-refractivity contribution in [2.75, 3.05) is 0 Å². The lowest BCUT2D eigenvalue weighted by Crippen LogP contribution is -2.35. The molecule has 0 aliphatic rings. The van der Waals surface area contributed by atoms with E-state index in [1.807, 2.05) is 0 Å². The minimum absolute atomic E-state index is 0.135. The molecule has 0 spiro atoms. The van der Waals surface area contributed by atoms with Gasteiger partial charge in [0.2, 0.25) is 0 Å². The number of halogens is 3. The fourth-order valence-corrected chi connectivity index (χ4v) is 1.33. The molecule has 94 valence electrons. The normalized spacial score (nSPS) is 14.4. The molecular formula is C11H12F3NO2. The average molecular weight is 247 g/mol. The van der Waals surface area contributed by atoms with Crippen LogP contribution in [0.25, 0.3) is 0 Å². The topological polar surface area (TPSA) is 63.3 Å². The van der Waals surface area contributed by atoms with E-state index in [9.17, 15) is 18.0 Å². The van der Waals surface area contributed by atoms with Gasteiger partial charge < -0.3 is 10.8 Å². The zero-order chi connectivity index (χ0) is 13.2. The molecule has 2 atom stereocenters. The predicted molar refractivity (Wildman–Crippen MR) is 54.8 cm³/mol. The number of hydrogen-bond acceptors (Lipinski definition) is 2. The summed E-state index contributed by atoms with van der Waals surface area (Å²) in [5.41, 5.74) is 5.41. The maximum absolute atomic E-state index is 13.2. The van der Waals surface area contributed by atoms with Crippen LogP contribution in [-0.2, 0) is 11.2 Å². The first-order valence-corrected chi connectivity index (χ1v) is 4.94. The Balaban J connectivity index is 2.88. The SMILES string of the molecule is CC(C(=O)O)C(N)Cc1cc(F)c(F)cc1F. The summed E-state index contributed by atoms with van der Waals surface area (Å²) in [5.74, 6) is -5.43. The standard InChI is InChI=1S/C11H12F3NO2/c1-5(11(16)17)10(15)3-6-2-8(13)9(14)4-7(6)12/h2,4-5,10H,3,15H2,1H3,(H,16,17). The number of carbonyl (C=O) groups is 1. The van der Waals surface area contributed by atoms with E-state index in [-0.39, 0.29) is 12.0 Å². The highest BCUT2D eigenvalue weighted by Crippen LogP contribution is 2.17. The molecule has 3 nitrogen and oxygen atoms in total. The summed E-state index contributed by atoms with van der Waals surface area (Å²) < 4.78 is 38.8. The molecule has 0 radical (unpaired) electrons. The van der Waals surface area contributed by atoms with Gasteiger partial charge in [0.15, 0.2) is 11.6 Å². The van der Waals surface area contributed by atoms with Crippen molar-refractivity contribution in [1.82, 2.24) is 0 Å². The molecule has 0 aliphatic heterocycles. The third kappa shape index (κ3) is 3.20. The molecule has 3 N–H and O–H groups in total. The highest BCUT2D eigenvalue weighted by molar-refractivity contribution is 5.70. The lowest BCUT2D eigenvalue weighted by Gasteiger charge is -2.16. The number of benzene rings is 1. The van der Waals surface area contributed by atoms with Gasteiger partial charge in [-0.1, -0.05) is 6.92 Å². The van der Waals surface area contributed by atoms with Gasteiger partial charge in [-0.2, -0.15) is 0 Å². The minimum atomic E-state index is -1.29. The third-order valence-corrected chi connectivity index (χ3v) is 2.58. The fraction of sp³-hybridized carbons (Fsp3) is 0.364. The Labute approximate surface area is 96.0 Å². The second-order valence-electron chi connectivity index (χ2n) is 3.85. The van der Waals surface area contributed by atoms with Gasteiger partial charge >= 0.3 is 5.97 Å². The van der Waals surface area contributed by atoms with E-state index in [2.05, 4.69) is 0 Å². The van der Waals surface area contributed by atoms with Crippen LogP contribution in [0.1, 0.15) is 12.5 Å². The van der Waals surface area contributed by atoms with Crippen LogP contribution in [0.15, 0.2) is 12.1 Å². The van der Waals surface area contributed by atoms with Crippen molar-refractivity contribution in [2.45, 2.75) is 19.4 Å². The molecule has 1 aromatic carbocycles. The van der Waals surface area contributed by atoms with Gasteiger partial charge in [-0.15, -0.1) is 0 Å². The molecule has 2 unspecified atom stereocenters. The quantitative estimate of drug-likeness (QED) is 0.796. The third-order valence-electron chi connectivity index (χ3n) is 2.58. The van der Waals surface area contributed by atoms with Gasteiger partial charge in [-0.3, -0.25) is 4.79 Å². The number of carboxylic acids is 1. The molecule has 0 bridgehead atoms. The van der Waals surface area contributed by atoms with E-state index in [0.29, 0.717) is 12.1 Å². The summed E-state index contributed by atoms with van der Waals surface area (Å²) in [6, 6.07) is 0.244. The molecule has 0 amide bonds. The lowest BCUT2D eigenvalue weighted by atomic mass is 9.95. The molecule has 6 heteroatoms. The summed E-state index contributed by atoms with van der Waals surface area (Å²) in [6.45, 7) is 1.37. The van der Waals surface area contributed by atoms with E-state index in [1.165, 1.54) is 6.92 Å². The molecule has 0 heterocycles. The molecule has 0 saturated carbocycles. The first-order chi connectivity index (χ1) is 7.82. The van der Waals surface area contributed by atoms with Gasteiger partial charge in [0.05, 0.1) is 5.92 Å². The molecular weight excluding hydrogens is 235 g/mol. The van der Waals surface area contributed by atoms with Gasteiger partial charge in [0.1, 0.15) is 5.82 Å². The van der Waals surface area contributed by atoms with E-state index in [4.69, 9.17) is 10.8 Å². The molecule has 0 fully saturated rings. The monoisotopic (exact) mass is 247 g/mol. The Bertz CT molecular complexity index is 437. The molecule has 0 aliphatic carbocycles. The van der Waals surface area contributed by atoms with Crippen LogP contribution in [-0.4, -0.2) is 17.1 Å². The summed E-state index contributed by atoms with van der Waals surface area (Å²) in [5, 5.41) is 8.69. The Hall–Kier alpha value is -1.56. The van der Waals surface area contributed by atoms with Crippen molar-refractivity contribution in [3.05, 3.63) is 35.1 Å². The van der Waals surface area contributed by atoms with Crippen molar-refractivity contribution >= 4 is 5.97 Å². The van der Waals surface area contributed by atoms with Crippen LogP contribution >= 0.6 is 0 Å². The molecule has 1 rings (SSSR count). The van der Waals surface area contributed by atoms with Crippen molar-refractivity contribution in [1.29, 1.82) is 0 Å². The Morgan fingerprint density at radius 2 is 1.82 bits per heavy atom. The van der Waals surface area contributed by atoms with Crippen molar-refractivity contribution < 1.29 is 23.1 Å². The van der Waals surface area contributed by atoms with Crippen molar-refractivity contribution in [2.24, 2.45) is 11.7 Å². The van der Waals surface area contributed by atoms with Gasteiger partial charge in [-0.05, 0) is 18.1 Å². The van der Waals surface area contributed by atoms with E-state index >= 15 is 0 Å². The summed E-state index contributed by atoms with van der Waals surface area (Å²) in [7, 11) is 0. The van der Waals surface area contributed by atoms with Gasteiger partial charge in [0, 0.05) is 12.1 Å². The van der Waals surface area contributed by atoms with E-state index in [0.717, 1.165) is 0 Å². The number of nitrogens with two attached hydrogens (primary N) is 1. The Morgan fingerprint density at radius 1 is 1.29 bits per heavy atom. The fourth-order valence-electron chi connectivity index (χ4n) is 1.33. The highest BCUT2D eigenvalue weighted by Gasteiger charge is 2.22. The number of rotatable bonds is 4. The second-order valence-corrected chi connectivity index (χ2v) is 3.85. The predicted octanol–water partition coefficient (Wildman–Crippen LogP) is 1.69. The largest absolute Gasteiger partial charge is 0.481 e. The zero-order valence-corrected chi connectivity index (χ0v) is 9.08. The zero-order valence-electron chi connectivity index (χ0n) is 9.08. The highest BCUT2D eigenvalue weighted by atomic mass is 19.2. The van der Waals surface area contributed by atoms with Crippen LogP contribution in [0, 0.1) is 23.4 Å². The molecule has 0 aromatic heterocycles. The molecule has 17 heavy (non-hydrogen) atoms.